The van der Waals surface area contributed by atoms with E-state index >= 15 is 0 Å². The minimum Gasteiger partial charge on any atom is -0.379 e. The molecule has 0 spiro atoms. The molecule has 22 heteroatoms. The highest BCUT2D eigenvalue weighted by molar-refractivity contribution is 5.98. The number of ether oxygens (including phenoxy) is 4. The fraction of sp³-hybridized carbons (Fsp3) is 0.478. The van der Waals surface area contributed by atoms with Crippen LogP contribution in [0, 0.1) is 0 Å². The fourth-order valence-corrected chi connectivity index (χ4v) is 6.62. The van der Waals surface area contributed by atoms with Crippen LogP contribution in [0.1, 0.15) is 87.4 Å². The van der Waals surface area contributed by atoms with Gasteiger partial charge in [-0.05, 0) is 87.1 Å². The van der Waals surface area contributed by atoms with Crippen molar-refractivity contribution in [2.75, 3.05) is 90.6 Å². The van der Waals surface area contributed by atoms with E-state index in [0.29, 0.717) is 94.7 Å². The molecule has 3 heterocycles. The molecule has 3 aromatic heterocycles. The number of hydrogen-bond acceptors (Lipinski definition) is 16. The lowest BCUT2D eigenvalue weighted by molar-refractivity contribution is -0.125. The van der Waals surface area contributed by atoms with E-state index in [-0.39, 0.29) is 47.3 Å². The molecule has 0 radical (unpaired) electrons. The molecule has 5 aromatic rings. The minimum absolute atomic E-state index is 0.0160. The standard InChI is InChI=1S/C46H63N13O9/c1-65-32-39(60)48-20-23-66-25-27-68-28-26-67-24-21-51-44(63)34-12-10-33(11-13-34)42(61)49-18-6-3-2-5-9-37-31-59(58-57-37)22-8-4-7-19-50-43(62)35-14-16-36(17-15-35)52-29-38-30-53-41-40(54-38)45(64)56-46(47)55-41/h10-17,30-31,52H,2-9,18-29,32H2,1H3,(H,48,60)(H,49,61)(H,50,62)(H,51,63)(H3,47,53,55,56,64). The number of benzene rings is 2. The fourth-order valence-electron chi connectivity index (χ4n) is 6.62. The van der Waals surface area contributed by atoms with E-state index < -0.39 is 5.56 Å². The van der Waals surface area contributed by atoms with Crippen LogP contribution in [0.2, 0.25) is 0 Å². The van der Waals surface area contributed by atoms with Crippen LogP contribution in [0.4, 0.5) is 11.6 Å². The van der Waals surface area contributed by atoms with Crippen LogP contribution < -0.4 is 37.9 Å². The first kappa shape index (κ1) is 52.1. The van der Waals surface area contributed by atoms with Gasteiger partial charge < -0.3 is 51.3 Å². The number of nitrogen functional groups attached to an aromatic ring is 1. The number of methoxy groups -OCH3 is 1. The van der Waals surface area contributed by atoms with Gasteiger partial charge in [0.15, 0.2) is 11.2 Å². The van der Waals surface area contributed by atoms with Gasteiger partial charge in [-0.3, -0.25) is 33.6 Å². The second-order valence-corrected chi connectivity index (χ2v) is 15.6. The minimum atomic E-state index is -0.451. The molecule has 0 unspecified atom stereocenters. The van der Waals surface area contributed by atoms with Crippen molar-refractivity contribution in [2.45, 2.75) is 64.5 Å². The lowest BCUT2D eigenvalue weighted by Gasteiger charge is -2.09. The predicted octanol–water partition coefficient (Wildman–Crippen LogP) is 2.17. The number of rotatable bonds is 33. The van der Waals surface area contributed by atoms with Gasteiger partial charge in [-0.2, -0.15) is 4.98 Å². The van der Waals surface area contributed by atoms with Crippen molar-refractivity contribution >= 4 is 46.4 Å². The van der Waals surface area contributed by atoms with Crippen LogP contribution in [0.5, 0.6) is 0 Å². The Morgan fingerprint density at radius 3 is 1.85 bits per heavy atom. The Bertz CT molecular complexity index is 2380. The second-order valence-electron chi connectivity index (χ2n) is 15.6. The molecule has 0 saturated heterocycles. The third-order valence-electron chi connectivity index (χ3n) is 10.2. The van der Waals surface area contributed by atoms with Crippen molar-refractivity contribution in [3.8, 4) is 0 Å². The number of nitrogens with zero attached hydrogens (tertiary/aromatic N) is 6. The number of carbonyl (C=O) groups is 4. The van der Waals surface area contributed by atoms with Crippen LogP contribution >= 0.6 is 0 Å². The van der Waals surface area contributed by atoms with E-state index in [1.165, 1.54) is 13.3 Å². The van der Waals surface area contributed by atoms with E-state index in [0.717, 1.165) is 69.3 Å². The number of aromatic nitrogens is 7. The van der Waals surface area contributed by atoms with Crippen LogP contribution in [-0.4, -0.2) is 138 Å². The first-order chi connectivity index (χ1) is 33.2. The molecule has 0 aliphatic heterocycles. The third-order valence-corrected chi connectivity index (χ3v) is 10.2. The molecule has 366 valence electrons. The van der Waals surface area contributed by atoms with E-state index in [4.69, 9.17) is 24.7 Å². The zero-order valence-corrected chi connectivity index (χ0v) is 38.6. The lowest BCUT2D eigenvalue weighted by atomic mass is 10.1. The van der Waals surface area contributed by atoms with Gasteiger partial charge in [-0.15, -0.1) is 5.10 Å². The summed E-state index contributed by atoms with van der Waals surface area (Å²) in [5.74, 6) is -0.773. The van der Waals surface area contributed by atoms with E-state index in [9.17, 15) is 24.0 Å². The van der Waals surface area contributed by atoms with Crippen molar-refractivity contribution < 1.29 is 38.1 Å². The normalized spacial score (nSPS) is 11.1. The summed E-state index contributed by atoms with van der Waals surface area (Å²) < 4.78 is 22.9. The quantitative estimate of drug-likeness (QED) is 0.0297. The molecule has 0 atom stereocenters. The Kier molecular flexibility index (Phi) is 22.7. The summed E-state index contributed by atoms with van der Waals surface area (Å²) in [6.07, 6.45) is 10.9. The molecule has 4 amide bonds. The molecular formula is C46H63N13O9. The number of fused-ring (bicyclic) bond motifs is 1. The molecule has 0 bridgehead atoms. The molecule has 0 aliphatic carbocycles. The van der Waals surface area contributed by atoms with Crippen LogP contribution in [0.15, 0.2) is 65.7 Å². The first-order valence-electron chi connectivity index (χ1n) is 22.9. The van der Waals surface area contributed by atoms with Crippen LogP contribution in [-0.2, 0) is 43.3 Å². The maximum Gasteiger partial charge on any atom is 0.280 e. The number of nitrogens with one attached hydrogen (secondary N) is 6. The van der Waals surface area contributed by atoms with Gasteiger partial charge in [0, 0.05) is 68.4 Å². The molecular weight excluding hydrogens is 879 g/mol. The van der Waals surface area contributed by atoms with E-state index in [1.54, 1.807) is 36.4 Å². The Balaban J connectivity index is 0.814. The van der Waals surface area contributed by atoms with Gasteiger partial charge in [-0.1, -0.05) is 18.1 Å². The molecule has 0 fully saturated rings. The van der Waals surface area contributed by atoms with Crippen LogP contribution in [0.3, 0.4) is 0 Å². The lowest BCUT2D eigenvalue weighted by Crippen LogP contribution is -2.30. The highest BCUT2D eigenvalue weighted by Crippen LogP contribution is 2.13. The van der Waals surface area contributed by atoms with Gasteiger partial charge in [-0.25, -0.2) is 9.97 Å². The number of anilines is 2. The summed E-state index contributed by atoms with van der Waals surface area (Å²) in [6, 6.07) is 13.7. The molecule has 68 heavy (non-hydrogen) atoms. The zero-order chi connectivity index (χ0) is 48.2. The highest BCUT2D eigenvalue weighted by Gasteiger charge is 2.11. The number of amides is 4. The van der Waals surface area contributed by atoms with E-state index in [1.807, 2.05) is 23.0 Å². The maximum atomic E-state index is 12.7. The Morgan fingerprint density at radius 2 is 1.22 bits per heavy atom. The van der Waals surface area contributed by atoms with Crippen molar-refractivity contribution in [1.82, 2.24) is 56.2 Å². The van der Waals surface area contributed by atoms with Gasteiger partial charge in [0.1, 0.15) is 6.61 Å². The molecule has 2 aromatic carbocycles. The number of carbonyl (C=O) groups excluding carboxylic acids is 4. The van der Waals surface area contributed by atoms with Gasteiger partial charge >= 0.3 is 0 Å². The van der Waals surface area contributed by atoms with Crippen molar-refractivity contribution in [2.24, 2.45) is 0 Å². The van der Waals surface area contributed by atoms with Crippen molar-refractivity contribution in [3.05, 3.63) is 99.4 Å². The number of H-pyrrole nitrogens is 1. The van der Waals surface area contributed by atoms with Gasteiger partial charge in [0.05, 0.1) is 63.8 Å². The third kappa shape index (κ3) is 19.1. The van der Waals surface area contributed by atoms with E-state index in [2.05, 4.69) is 56.8 Å². The molecule has 0 aliphatic rings. The smallest absolute Gasteiger partial charge is 0.280 e. The maximum absolute atomic E-state index is 12.7. The van der Waals surface area contributed by atoms with Crippen LogP contribution in [0.25, 0.3) is 11.2 Å². The number of nitrogens with two attached hydrogens (primary N) is 1. The zero-order valence-electron chi connectivity index (χ0n) is 38.6. The average molecular weight is 942 g/mol. The SMILES string of the molecule is COCC(=O)NCCOCCOCCOCCNC(=O)c1ccc(C(=O)NCCCCCCc2cn(CCCCCNC(=O)c3ccc(NCc4cnc5nc(N)[nH]c(=O)c5n4)cc3)nn2)cc1. The summed E-state index contributed by atoms with van der Waals surface area (Å²) >= 11 is 0. The molecule has 8 N–H and O–H groups in total. The number of hydrogen-bond donors (Lipinski definition) is 7. The number of aryl methyl sites for hydroxylation is 2. The predicted molar refractivity (Wildman–Crippen MR) is 253 cm³/mol. The molecule has 22 nitrogen and oxygen atoms in total. The molecule has 5 rings (SSSR count). The summed E-state index contributed by atoms with van der Waals surface area (Å²) in [5.41, 5.74) is 9.21. The summed E-state index contributed by atoms with van der Waals surface area (Å²) in [7, 11) is 1.46. The monoisotopic (exact) mass is 941 g/mol. The topological polar surface area (TPSA) is 294 Å². The summed E-state index contributed by atoms with van der Waals surface area (Å²) in [6.45, 7) is 5.27. The first-order valence-corrected chi connectivity index (χ1v) is 22.9. The average Bonchev–Trinajstić information content (AvgIpc) is 3.80. The Hall–Kier alpha value is -6.88. The summed E-state index contributed by atoms with van der Waals surface area (Å²) in [4.78, 5) is 76.0. The highest BCUT2D eigenvalue weighted by atomic mass is 16.5. The van der Waals surface area contributed by atoms with Gasteiger partial charge in [0.2, 0.25) is 11.9 Å². The van der Waals surface area contributed by atoms with Crippen molar-refractivity contribution in [1.29, 1.82) is 0 Å². The second kappa shape index (κ2) is 29.7. The van der Waals surface area contributed by atoms with Crippen molar-refractivity contribution in [3.63, 3.8) is 0 Å². The Morgan fingerprint density at radius 1 is 0.662 bits per heavy atom. The number of unbranched alkanes of at least 4 members (excludes halogenated alkanes) is 5. The Labute approximate surface area is 394 Å². The summed E-state index contributed by atoms with van der Waals surface area (Å²) in [5, 5.41) is 23.2. The number of aromatic amines is 1. The largest absolute Gasteiger partial charge is 0.379 e. The van der Waals surface area contributed by atoms with Gasteiger partial charge in [0.25, 0.3) is 23.3 Å². The molecule has 0 saturated carbocycles.